The van der Waals surface area contributed by atoms with E-state index < -0.39 is 6.10 Å². The van der Waals surface area contributed by atoms with Crippen LogP contribution in [0.5, 0.6) is 5.75 Å². The van der Waals surface area contributed by atoms with Gasteiger partial charge in [0.05, 0.1) is 0 Å². The molecule has 0 saturated heterocycles. The number of aliphatic hydroxyl groups is 1. The van der Waals surface area contributed by atoms with E-state index in [1.807, 2.05) is 19.2 Å². The average molecular weight is 238 g/mol. The maximum atomic E-state index is 9.80. The minimum absolute atomic E-state index is 0.278. The molecule has 17 heavy (non-hydrogen) atoms. The lowest BCUT2D eigenvalue weighted by molar-refractivity contribution is 0.0678. The van der Waals surface area contributed by atoms with Gasteiger partial charge in [-0.25, -0.2) is 0 Å². The summed E-state index contributed by atoms with van der Waals surface area (Å²) in [5, 5.41) is 9.80. The summed E-state index contributed by atoms with van der Waals surface area (Å²) in [6.45, 7) is 5.05. The van der Waals surface area contributed by atoms with E-state index in [2.05, 4.69) is 18.7 Å². The van der Waals surface area contributed by atoms with Crippen molar-refractivity contribution in [2.45, 2.75) is 26.0 Å². The fourth-order valence-electron chi connectivity index (χ4n) is 1.39. The standard InChI is InChI=1S/C13H22N2O2/c1-10(2)15(3)8-12(16)9-17-13-6-4-5-11(14)7-13/h4-7,10,12,16H,8-9,14H2,1-3H3. The highest BCUT2D eigenvalue weighted by atomic mass is 16.5. The fourth-order valence-corrected chi connectivity index (χ4v) is 1.39. The smallest absolute Gasteiger partial charge is 0.121 e. The number of nitrogen functional groups attached to an aromatic ring is 1. The molecule has 0 aliphatic carbocycles. The second-order valence-electron chi connectivity index (χ2n) is 4.57. The fraction of sp³-hybridized carbons (Fsp3) is 0.538. The highest BCUT2D eigenvalue weighted by molar-refractivity contribution is 5.43. The molecule has 0 spiro atoms. The zero-order chi connectivity index (χ0) is 12.8. The zero-order valence-electron chi connectivity index (χ0n) is 10.8. The van der Waals surface area contributed by atoms with Gasteiger partial charge in [-0.1, -0.05) is 6.07 Å². The number of hydrogen-bond acceptors (Lipinski definition) is 4. The Morgan fingerprint density at radius 1 is 1.41 bits per heavy atom. The Balaban J connectivity index is 2.35. The predicted octanol–water partition coefficient (Wildman–Crippen LogP) is 1.35. The number of nitrogens with zero attached hydrogens (tertiary/aromatic N) is 1. The van der Waals surface area contributed by atoms with E-state index in [9.17, 15) is 5.11 Å². The minimum Gasteiger partial charge on any atom is -0.491 e. The van der Waals surface area contributed by atoms with Crippen molar-refractivity contribution < 1.29 is 9.84 Å². The van der Waals surface area contributed by atoms with Gasteiger partial charge in [-0.15, -0.1) is 0 Å². The molecule has 96 valence electrons. The van der Waals surface area contributed by atoms with Gasteiger partial charge in [0.1, 0.15) is 18.5 Å². The number of benzene rings is 1. The molecular weight excluding hydrogens is 216 g/mol. The van der Waals surface area contributed by atoms with Crippen LogP contribution in [0.3, 0.4) is 0 Å². The lowest BCUT2D eigenvalue weighted by atomic mass is 10.3. The van der Waals surface area contributed by atoms with E-state index in [0.29, 0.717) is 24.0 Å². The number of likely N-dealkylation sites (N-methyl/N-ethyl adjacent to an activating group) is 1. The van der Waals surface area contributed by atoms with E-state index >= 15 is 0 Å². The summed E-state index contributed by atoms with van der Waals surface area (Å²) in [5.41, 5.74) is 6.30. The Labute approximate surface area is 103 Å². The molecule has 1 rings (SSSR count). The molecule has 3 N–H and O–H groups in total. The van der Waals surface area contributed by atoms with Gasteiger partial charge in [-0.05, 0) is 33.0 Å². The Bertz CT molecular complexity index is 342. The maximum Gasteiger partial charge on any atom is 0.121 e. The molecule has 0 bridgehead atoms. The molecule has 1 atom stereocenters. The van der Waals surface area contributed by atoms with E-state index in [-0.39, 0.29) is 6.61 Å². The first-order chi connectivity index (χ1) is 7.99. The molecule has 0 saturated carbocycles. The Hall–Kier alpha value is -1.26. The predicted molar refractivity (Wildman–Crippen MR) is 70.1 cm³/mol. The van der Waals surface area contributed by atoms with Gasteiger partial charge in [0.25, 0.3) is 0 Å². The summed E-state index contributed by atoms with van der Waals surface area (Å²) in [6, 6.07) is 7.62. The zero-order valence-corrected chi connectivity index (χ0v) is 10.8. The Kier molecular flexibility index (Phi) is 5.25. The molecule has 4 heteroatoms. The molecule has 0 aliphatic rings. The molecular formula is C13H22N2O2. The van der Waals surface area contributed by atoms with Crippen LogP contribution in [-0.4, -0.2) is 42.4 Å². The highest BCUT2D eigenvalue weighted by Crippen LogP contribution is 2.14. The third kappa shape index (κ3) is 5.06. The minimum atomic E-state index is -0.496. The van der Waals surface area contributed by atoms with Crippen LogP contribution in [0.4, 0.5) is 5.69 Å². The van der Waals surface area contributed by atoms with E-state index in [1.54, 1.807) is 12.1 Å². The Morgan fingerprint density at radius 2 is 2.12 bits per heavy atom. The van der Waals surface area contributed by atoms with Crippen LogP contribution in [0.15, 0.2) is 24.3 Å². The second kappa shape index (κ2) is 6.47. The number of ether oxygens (including phenoxy) is 1. The number of nitrogens with two attached hydrogens (primary N) is 1. The second-order valence-corrected chi connectivity index (χ2v) is 4.57. The van der Waals surface area contributed by atoms with Crippen molar-refractivity contribution in [2.24, 2.45) is 0 Å². The van der Waals surface area contributed by atoms with Crippen molar-refractivity contribution in [3.63, 3.8) is 0 Å². The monoisotopic (exact) mass is 238 g/mol. The van der Waals surface area contributed by atoms with E-state index in [4.69, 9.17) is 10.5 Å². The molecule has 0 amide bonds. The molecule has 1 unspecified atom stereocenters. The van der Waals surface area contributed by atoms with Crippen molar-refractivity contribution >= 4 is 5.69 Å². The van der Waals surface area contributed by atoms with Crippen LogP contribution in [0.25, 0.3) is 0 Å². The third-order valence-electron chi connectivity index (χ3n) is 2.68. The number of hydrogen-bond donors (Lipinski definition) is 2. The topological polar surface area (TPSA) is 58.7 Å². The van der Waals surface area contributed by atoms with Gasteiger partial charge in [0.15, 0.2) is 0 Å². The maximum absolute atomic E-state index is 9.80. The van der Waals surface area contributed by atoms with Gasteiger partial charge < -0.3 is 20.5 Å². The molecule has 0 fully saturated rings. The molecule has 1 aromatic rings. The van der Waals surface area contributed by atoms with Gasteiger partial charge in [0, 0.05) is 24.3 Å². The summed E-state index contributed by atoms with van der Waals surface area (Å²) in [7, 11) is 1.98. The van der Waals surface area contributed by atoms with Crippen molar-refractivity contribution in [3.05, 3.63) is 24.3 Å². The first-order valence-corrected chi connectivity index (χ1v) is 5.85. The van der Waals surface area contributed by atoms with E-state index in [1.165, 1.54) is 0 Å². The number of anilines is 1. The molecule has 0 radical (unpaired) electrons. The van der Waals surface area contributed by atoms with Crippen LogP contribution in [0, 0.1) is 0 Å². The summed E-state index contributed by atoms with van der Waals surface area (Å²) in [6.07, 6.45) is -0.496. The number of aliphatic hydroxyl groups excluding tert-OH is 1. The van der Waals surface area contributed by atoms with Crippen molar-refractivity contribution in [1.29, 1.82) is 0 Å². The largest absolute Gasteiger partial charge is 0.491 e. The highest BCUT2D eigenvalue weighted by Gasteiger charge is 2.11. The van der Waals surface area contributed by atoms with E-state index in [0.717, 1.165) is 0 Å². The van der Waals surface area contributed by atoms with Crippen LogP contribution in [0.2, 0.25) is 0 Å². The molecule has 0 heterocycles. The summed E-state index contributed by atoms with van der Waals surface area (Å²) in [4.78, 5) is 2.08. The molecule has 1 aromatic carbocycles. The van der Waals surface area contributed by atoms with Crippen LogP contribution in [-0.2, 0) is 0 Å². The van der Waals surface area contributed by atoms with Crippen molar-refractivity contribution in [1.82, 2.24) is 4.90 Å². The van der Waals surface area contributed by atoms with Crippen LogP contribution < -0.4 is 10.5 Å². The van der Waals surface area contributed by atoms with Gasteiger partial charge in [0.2, 0.25) is 0 Å². The quantitative estimate of drug-likeness (QED) is 0.734. The summed E-state index contributed by atoms with van der Waals surface area (Å²) < 4.78 is 5.47. The first-order valence-electron chi connectivity index (χ1n) is 5.85. The summed E-state index contributed by atoms with van der Waals surface area (Å²) >= 11 is 0. The molecule has 0 aliphatic heterocycles. The third-order valence-corrected chi connectivity index (χ3v) is 2.68. The first kappa shape index (κ1) is 13.8. The van der Waals surface area contributed by atoms with Gasteiger partial charge in [-0.2, -0.15) is 0 Å². The lowest BCUT2D eigenvalue weighted by Crippen LogP contribution is -2.36. The van der Waals surface area contributed by atoms with Crippen molar-refractivity contribution in [2.75, 3.05) is 25.9 Å². The summed E-state index contributed by atoms with van der Waals surface area (Å²) in [5.74, 6) is 0.691. The SMILES string of the molecule is CC(C)N(C)CC(O)COc1cccc(N)c1. The van der Waals surface area contributed by atoms with Crippen LogP contribution in [0.1, 0.15) is 13.8 Å². The average Bonchev–Trinajstić information content (AvgIpc) is 2.26. The molecule has 0 aromatic heterocycles. The number of rotatable bonds is 6. The Morgan fingerprint density at radius 3 is 2.71 bits per heavy atom. The van der Waals surface area contributed by atoms with Gasteiger partial charge in [-0.3, -0.25) is 0 Å². The van der Waals surface area contributed by atoms with Gasteiger partial charge >= 0.3 is 0 Å². The van der Waals surface area contributed by atoms with Crippen molar-refractivity contribution in [3.8, 4) is 5.75 Å². The lowest BCUT2D eigenvalue weighted by Gasteiger charge is -2.24. The molecule has 4 nitrogen and oxygen atoms in total. The normalized spacial score (nSPS) is 13.1. The van der Waals surface area contributed by atoms with Crippen LogP contribution >= 0.6 is 0 Å².